The molecule has 2 atom stereocenters. The molecule has 0 aromatic heterocycles. The normalized spacial score (nSPS) is 20.4. The van der Waals surface area contributed by atoms with Crippen LogP contribution < -0.4 is 5.32 Å². The highest BCUT2D eigenvalue weighted by Crippen LogP contribution is 2.33. The van der Waals surface area contributed by atoms with Crippen molar-refractivity contribution in [2.24, 2.45) is 0 Å². The van der Waals surface area contributed by atoms with Crippen LogP contribution in [0.4, 0.5) is 13.6 Å². The van der Waals surface area contributed by atoms with Crippen LogP contribution in [-0.2, 0) is 9.53 Å². The summed E-state index contributed by atoms with van der Waals surface area (Å²) >= 11 is 0. The lowest BCUT2D eigenvalue weighted by molar-refractivity contribution is -0.139. The molecule has 202 valence electrons. The fraction of sp³-hybridized carbons (Fsp3) is 0.393. The second kappa shape index (κ2) is 11.7. The third-order valence-electron chi connectivity index (χ3n) is 6.90. The molecule has 2 heterocycles. The van der Waals surface area contributed by atoms with Gasteiger partial charge in [-0.25, -0.2) is 18.4 Å². The Morgan fingerprint density at radius 2 is 1.76 bits per heavy atom. The molecule has 1 saturated heterocycles. The average molecular weight is 527 g/mol. The van der Waals surface area contributed by atoms with E-state index in [1.54, 1.807) is 36.9 Å². The molecule has 10 heteroatoms. The molecule has 2 aromatic carbocycles. The van der Waals surface area contributed by atoms with Crippen molar-refractivity contribution in [2.75, 3.05) is 39.3 Å². The van der Waals surface area contributed by atoms with Crippen molar-refractivity contribution < 1.29 is 27.9 Å². The molecule has 1 N–H and O–H groups in total. The van der Waals surface area contributed by atoms with E-state index in [9.17, 15) is 23.2 Å². The summed E-state index contributed by atoms with van der Waals surface area (Å²) in [6, 6.07) is 9.88. The number of rotatable bonds is 7. The van der Waals surface area contributed by atoms with Gasteiger partial charge >= 0.3 is 12.0 Å². The topological polar surface area (TPSA) is 82.2 Å². The van der Waals surface area contributed by atoms with Crippen LogP contribution in [-0.4, -0.2) is 78.0 Å². The maximum atomic E-state index is 14.8. The summed E-state index contributed by atoms with van der Waals surface area (Å²) in [7, 11) is 0. The largest absolute Gasteiger partial charge is 0.463 e. The maximum Gasteiger partial charge on any atom is 0.338 e. The second-order valence-corrected chi connectivity index (χ2v) is 9.32. The summed E-state index contributed by atoms with van der Waals surface area (Å²) in [5, 5.41) is 2.77. The number of nitrogens with zero attached hydrogens (tertiary/aromatic N) is 3. The van der Waals surface area contributed by atoms with E-state index in [0.717, 1.165) is 0 Å². The number of carbonyl (C=O) groups is 3. The van der Waals surface area contributed by atoms with Gasteiger partial charge in [0.1, 0.15) is 11.6 Å². The van der Waals surface area contributed by atoms with Crippen molar-refractivity contribution in [3.63, 3.8) is 0 Å². The molecule has 1 fully saturated rings. The van der Waals surface area contributed by atoms with Crippen LogP contribution >= 0.6 is 0 Å². The number of benzene rings is 2. The molecule has 0 bridgehead atoms. The first-order valence-corrected chi connectivity index (χ1v) is 12.8. The van der Waals surface area contributed by atoms with E-state index < -0.39 is 29.7 Å². The van der Waals surface area contributed by atoms with Crippen LogP contribution in [0.3, 0.4) is 0 Å². The molecular formula is C28H32F2N4O4. The van der Waals surface area contributed by atoms with Gasteiger partial charge in [-0.15, -0.1) is 0 Å². The number of hydrogen-bond acceptors (Lipinski definition) is 5. The lowest BCUT2D eigenvalue weighted by Crippen LogP contribution is -2.56. The van der Waals surface area contributed by atoms with Gasteiger partial charge in [-0.05, 0) is 51.1 Å². The molecule has 38 heavy (non-hydrogen) atoms. The van der Waals surface area contributed by atoms with E-state index in [2.05, 4.69) is 10.2 Å². The summed E-state index contributed by atoms with van der Waals surface area (Å²) in [6.07, 6.45) is 0. The van der Waals surface area contributed by atoms with Crippen LogP contribution in [0.2, 0.25) is 0 Å². The number of piperazine rings is 1. The third-order valence-corrected chi connectivity index (χ3v) is 6.90. The first-order valence-electron chi connectivity index (χ1n) is 12.8. The van der Waals surface area contributed by atoms with E-state index in [0.29, 0.717) is 37.4 Å². The minimum Gasteiger partial charge on any atom is -0.463 e. The quantitative estimate of drug-likeness (QED) is 0.557. The van der Waals surface area contributed by atoms with Gasteiger partial charge in [-0.1, -0.05) is 18.2 Å². The molecule has 3 amide bonds. The SMILES string of the molecule is CCOC(=O)C1=C(CN2CCN(C(=O)c3ccc(F)cc3)[C@H](C)C2)N(CC)C(=O)N[C@@H]1c1ccccc1F. The minimum atomic E-state index is -1.00. The van der Waals surface area contributed by atoms with Gasteiger partial charge in [0.05, 0.1) is 18.2 Å². The zero-order valence-corrected chi connectivity index (χ0v) is 21.7. The van der Waals surface area contributed by atoms with Crippen molar-refractivity contribution in [2.45, 2.75) is 32.9 Å². The van der Waals surface area contributed by atoms with Gasteiger partial charge in [0.25, 0.3) is 5.91 Å². The Morgan fingerprint density at radius 1 is 1.05 bits per heavy atom. The number of urea groups is 1. The zero-order valence-electron chi connectivity index (χ0n) is 21.7. The van der Waals surface area contributed by atoms with E-state index in [-0.39, 0.29) is 36.2 Å². The van der Waals surface area contributed by atoms with Crippen LogP contribution in [0.25, 0.3) is 0 Å². The Bertz CT molecular complexity index is 1230. The van der Waals surface area contributed by atoms with Gasteiger partial charge in [-0.2, -0.15) is 0 Å². The van der Waals surface area contributed by atoms with E-state index in [1.807, 2.05) is 6.92 Å². The Hall–Kier alpha value is -3.79. The smallest absolute Gasteiger partial charge is 0.338 e. The molecule has 0 spiro atoms. The Labute approximate surface area is 220 Å². The fourth-order valence-electron chi connectivity index (χ4n) is 5.05. The molecule has 0 aliphatic carbocycles. The number of esters is 1. The molecule has 0 unspecified atom stereocenters. The zero-order chi connectivity index (χ0) is 27.4. The predicted molar refractivity (Wildman–Crippen MR) is 137 cm³/mol. The molecule has 4 rings (SSSR count). The summed E-state index contributed by atoms with van der Waals surface area (Å²) in [4.78, 5) is 44.6. The first kappa shape index (κ1) is 27.3. The first-order chi connectivity index (χ1) is 18.2. The lowest BCUT2D eigenvalue weighted by Gasteiger charge is -2.43. The molecule has 2 aliphatic heterocycles. The Kier molecular flexibility index (Phi) is 8.41. The Balaban J connectivity index is 1.63. The number of ether oxygens (including phenoxy) is 1. The second-order valence-electron chi connectivity index (χ2n) is 9.32. The third kappa shape index (κ3) is 5.55. The van der Waals surface area contributed by atoms with Crippen molar-refractivity contribution in [3.8, 4) is 0 Å². The van der Waals surface area contributed by atoms with Gasteiger partial charge < -0.3 is 15.0 Å². The molecule has 2 aliphatic rings. The fourth-order valence-corrected chi connectivity index (χ4v) is 5.05. The number of nitrogens with one attached hydrogen (secondary N) is 1. The van der Waals surface area contributed by atoms with Gasteiger partial charge in [-0.3, -0.25) is 14.6 Å². The molecule has 8 nitrogen and oxygen atoms in total. The number of halogens is 2. The van der Waals surface area contributed by atoms with Gasteiger partial charge in [0.2, 0.25) is 0 Å². The number of hydrogen-bond donors (Lipinski definition) is 1. The van der Waals surface area contributed by atoms with Crippen LogP contribution in [0, 0.1) is 11.6 Å². The summed E-state index contributed by atoms with van der Waals surface area (Å²) in [5.41, 5.74) is 1.23. The average Bonchev–Trinajstić information content (AvgIpc) is 2.89. The van der Waals surface area contributed by atoms with Gasteiger partial charge in [0, 0.05) is 55.6 Å². The standard InChI is InChI=1S/C28H32F2N4O4/c1-4-33-23(17-32-14-15-34(18(3)16-32)26(35)19-10-12-20(29)13-11-19)24(27(36)38-5-2)25(31-28(33)37)21-8-6-7-9-22(21)30/h6-13,18,25H,4-5,14-17H2,1-3H3,(H,31,37)/t18-,25-/m1/s1. The van der Waals surface area contributed by atoms with E-state index >= 15 is 0 Å². The van der Waals surface area contributed by atoms with Crippen molar-refractivity contribution >= 4 is 17.9 Å². The number of likely N-dealkylation sites (N-methyl/N-ethyl adjacent to an activating group) is 1. The Morgan fingerprint density at radius 3 is 2.39 bits per heavy atom. The van der Waals surface area contributed by atoms with Crippen molar-refractivity contribution in [3.05, 3.63) is 82.6 Å². The maximum absolute atomic E-state index is 14.8. The van der Waals surface area contributed by atoms with E-state index in [1.165, 1.54) is 35.2 Å². The summed E-state index contributed by atoms with van der Waals surface area (Å²) in [6.45, 7) is 7.45. The van der Waals surface area contributed by atoms with Crippen LogP contribution in [0.15, 0.2) is 59.8 Å². The highest BCUT2D eigenvalue weighted by Gasteiger charge is 2.40. The lowest BCUT2D eigenvalue weighted by atomic mass is 9.93. The van der Waals surface area contributed by atoms with E-state index in [4.69, 9.17) is 4.74 Å². The molecule has 0 saturated carbocycles. The highest BCUT2D eigenvalue weighted by molar-refractivity contribution is 5.95. The molecule has 0 radical (unpaired) electrons. The molecule has 2 aromatic rings. The molecular weight excluding hydrogens is 494 g/mol. The summed E-state index contributed by atoms with van der Waals surface area (Å²) < 4.78 is 33.5. The monoisotopic (exact) mass is 526 g/mol. The number of carbonyl (C=O) groups excluding carboxylic acids is 3. The van der Waals surface area contributed by atoms with Crippen molar-refractivity contribution in [1.82, 2.24) is 20.0 Å². The van der Waals surface area contributed by atoms with Gasteiger partial charge in [0.15, 0.2) is 0 Å². The summed E-state index contributed by atoms with van der Waals surface area (Å²) in [5.74, 6) is -1.75. The van der Waals surface area contributed by atoms with Crippen LogP contribution in [0.5, 0.6) is 0 Å². The predicted octanol–water partition coefficient (Wildman–Crippen LogP) is 3.71. The van der Waals surface area contributed by atoms with Crippen LogP contribution in [0.1, 0.15) is 42.7 Å². The van der Waals surface area contributed by atoms with Crippen molar-refractivity contribution in [1.29, 1.82) is 0 Å². The number of amides is 3. The highest BCUT2D eigenvalue weighted by atomic mass is 19.1. The minimum absolute atomic E-state index is 0.126.